The highest BCUT2D eigenvalue weighted by Crippen LogP contribution is 2.32. The zero-order valence-electron chi connectivity index (χ0n) is 17.4. The molecule has 0 saturated carbocycles. The second-order valence-corrected chi connectivity index (χ2v) is 8.49. The van der Waals surface area contributed by atoms with E-state index in [1.165, 1.54) is 25.9 Å². The van der Waals surface area contributed by atoms with Crippen LogP contribution in [0.15, 0.2) is 45.7 Å². The van der Waals surface area contributed by atoms with Crippen molar-refractivity contribution in [1.29, 1.82) is 0 Å². The summed E-state index contributed by atoms with van der Waals surface area (Å²) in [5, 5.41) is 0.584. The lowest BCUT2D eigenvalue weighted by Crippen LogP contribution is -2.22. The van der Waals surface area contributed by atoms with E-state index in [0.29, 0.717) is 34.8 Å². The van der Waals surface area contributed by atoms with Crippen molar-refractivity contribution in [2.45, 2.75) is 19.3 Å². The Kier molecular flexibility index (Phi) is 6.39. The Bertz CT molecular complexity index is 1110. The molecule has 1 aromatic heterocycles. The Morgan fingerprint density at radius 2 is 1.90 bits per heavy atom. The molecule has 0 radical (unpaired) electrons. The van der Waals surface area contributed by atoms with Crippen LogP contribution < -0.4 is 15.0 Å². The van der Waals surface area contributed by atoms with E-state index in [1.807, 2.05) is 30.3 Å². The molecular formula is C23H26BrN3O3. The maximum Gasteiger partial charge on any atom is 0.261 e. The van der Waals surface area contributed by atoms with Gasteiger partial charge in [0.1, 0.15) is 5.82 Å². The van der Waals surface area contributed by atoms with Gasteiger partial charge in [-0.25, -0.2) is 4.98 Å². The Morgan fingerprint density at radius 3 is 2.67 bits per heavy atom. The highest BCUT2D eigenvalue weighted by Gasteiger charge is 2.14. The number of hydrogen-bond acceptors (Lipinski definition) is 5. The standard InChI is InChI=1S/C23H26BrN3O3/c1-26-22(25-19-8-7-17(24)15-18(19)23(26)28)16-6-9-20(21(14-16)29-2)30-13-5-12-27-10-3-4-11-27/h6-9,14-15H,3-5,10-13H2,1-2H3. The minimum Gasteiger partial charge on any atom is -0.493 e. The van der Waals surface area contributed by atoms with Crippen molar-refractivity contribution in [3.05, 3.63) is 51.2 Å². The molecule has 0 bridgehead atoms. The number of hydrogen-bond donors (Lipinski definition) is 0. The van der Waals surface area contributed by atoms with Gasteiger partial charge in [0.15, 0.2) is 11.5 Å². The first-order valence-electron chi connectivity index (χ1n) is 10.3. The van der Waals surface area contributed by atoms with Crippen molar-refractivity contribution in [3.8, 4) is 22.9 Å². The molecule has 1 aliphatic rings. The maximum atomic E-state index is 12.8. The summed E-state index contributed by atoms with van der Waals surface area (Å²) in [5.74, 6) is 1.94. The third-order valence-corrected chi connectivity index (χ3v) is 6.03. The van der Waals surface area contributed by atoms with E-state index in [4.69, 9.17) is 14.5 Å². The van der Waals surface area contributed by atoms with Crippen molar-refractivity contribution in [3.63, 3.8) is 0 Å². The smallest absolute Gasteiger partial charge is 0.261 e. The minimum absolute atomic E-state index is 0.0856. The molecule has 0 aliphatic carbocycles. The first-order valence-corrected chi connectivity index (χ1v) is 11.1. The summed E-state index contributed by atoms with van der Waals surface area (Å²) in [7, 11) is 3.36. The van der Waals surface area contributed by atoms with Crippen LogP contribution in [0.4, 0.5) is 0 Å². The van der Waals surface area contributed by atoms with Gasteiger partial charge in [-0.2, -0.15) is 0 Å². The molecule has 6 nitrogen and oxygen atoms in total. The number of fused-ring (bicyclic) bond motifs is 1. The molecule has 1 saturated heterocycles. The lowest BCUT2D eigenvalue weighted by Gasteiger charge is -2.16. The number of likely N-dealkylation sites (tertiary alicyclic amines) is 1. The molecule has 0 atom stereocenters. The minimum atomic E-state index is -0.0856. The molecule has 3 aromatic rings. The van der Waals surface area contributed by atoms with Crippen molar-refractivity contribution in [1.82, 2.24) is 14.5 Å². The van der Waals surface area contributed by atoms with Gasteiger partial charge >= 0.3 is 0 Å². The average Bonchev–Trinajstić information content (AvgIpc) is 3.28. The Labute approximate surface area is 184 Å². The van der Waals surface area contributed by atoms with Crippen LogP contribution in [0.25, 0.3) is 22.3 Å². The van der Waals surface area contributed by atoms with Crippen LogP contribution in [0.5, 0.6) is 11.5 Å². The van der Waals surface area contributed by atoms with Crippen LogP contribution in [0.3, 0.4) is 0 Å². The highest BCUT2D eigenvalue weighted by atomic mass is 79.9. The summed E-state index contributed by atoms with van der Waals surface area (Å²) < 4.78 is 14.0. The zero-order valence-corrected chi connectivity index (χ0v) is 18.9. The molecule has 0 amide bonds. The molecule has 2 aromatic carbocycles. The van der Waals surface area contributed by atoms with Gasteiger partial charge in [-0.05, 0) is 68.8 Å². The topological polar surface area (TPSA) is 56.6 Å². The molecule has 7 heteroatoms. The molecule has 30 heavy (non-hydrogen) atoms. The fraction of sp³-hybridized carbons (Fsp3) is 0.391. The van der Waals surface area contributed by atoms with E-state index in [0.717, 1.165) is 23.0 Å². The molecule has 0 unspecified atom stereocenters. The van der Waals surface area contributed by atoms with Crippen molar-refractivity contribution in [2.24, 2.45) is 7.05 Å². The van der Waals surface area contributed by atoms with Crippen LogP contribution in [0, 0.1) is 0 Å². The first kappa shape index (κ1) is 20.9. The van der Waals surface area contributed by atoms with Gasteiger partial charge in [-0.15, -0.1) is 0 Å². The average molecular weight is 472 g/mol. The largest absolute Gasteiger partial charge is 0.493 e. The lowest BCUT2D eigenvalue weighted by atomic mass is 10.1. The molecule has 2 heterocycles. The SMILES string of the molecule is COc1cc(-c2nc3ccc(Br)cc3c(=O)n2C)ccc1OCCCN1CCCC1. The number of methoxy groups -OCH3 is 1. The van der Waals surface area contributed by atoms with E-state index in [-0.39, 0.29) is 5.56 Å². The fourth-order valence-corrected chi connectivity index (χ4v) is 4.26. The van der Waals surface area contributed by atoms with E-state index >= 15 is 0 Å². The van der Waals surface area contributed by atoms with Gasteiger partial charge in [0.05, 0.1) is 24.6 Å². The third kappa shape index (κ3) is 4.37. The van der Waals surface area contributed by atoms with Gasteiger partial charge in [-0.3, -0.25) is 9.36 Å². The molecular weight excluding hydrogens is 446 g/mol. The number of halogens is 1. The second kappa shape index (κ2) is 9.18. The van der Waals surface area contributed by atoms with Crippen molar-refractivity contribution in [2.75, 3.05) is 33.4 Å². The number of rotatable bonds is 7. The zero-order chi connectivity index (χ0) is 21.1. The van der Waals surface area contributed by atoms with Crippen molar-refractivity contribution >= 4 is 26.8 Å². The van der Waals surface area contributed by atoms with E-state index in [9.17, 15) is 4.79 Å². The molecule has 0 N–H and O–H groups in total. The summed E-state index contributed by atoms with van der Waals surface area (Å²) in [6, 6.07) is 11.2. The predicted octanol–water partition coefficient (Wildman–Crippen LogP) is 4.24. The third-order valence-electron chi connectivity index (χ3n) is 5.53. The Morgan fingerprint density at radius 1 is 1.10 bits per heavy atom. The monoisotopic (exact) mass is 471 g/mol. The van der Waals surface area contributed by atoms with E-state index in [1.54, 1.807) is 24.8 Å². The molecule has 1 aliphatic heterocycles. The van der Waals surface area contributed by atoms with Crippen LogP contribution >= 0.6 is 15.9 Å². The predicted molar refractivity (Wildman–Crippen MR) is 122 cm³/mol. The van der Waals surface area contributed by atoms with Gasteiger partial charge in [0.25, 0.3) is 5.56 Å². The Hall–Kier alpha value is -2.38. The summed E-state index contributed by atoms with van der Waals surface area (Å²) in [5.41, 5.74) is 1.38. The van der Waals surface area contributed by atoms with E-state index < -0.39 is 0 Å². The number of aromatic nitrogens is 2. The second-order valence-electron chi connectivity index (χ2n) is 7.58. The van der Waals surface area contributed by atoms with E-state index in [2.05, 4.69) is 20.8 Å². The Balaban J connectivity index is 1.55. The van der Waals surface area contributed by atoms with Gasteiger partial charge in [0.2, 0.25) is 0 Å². The summed E-state index contributed by atoms with van der Waals surface area (Å²) in [4.78, 5) is 20.0. The van der Waals surface area contributed by atoms with Gasteiger partial charge < -0.3 is 14.4 Å². The van der Waals surface area contributed by atoms with Crippen LogP contribution in [-0.2, 0) is 7.05 Å². The van der Waals surface area contributed by atoms with Gasteiger partial charge in [0, 0.05) is 23.6 Å². The molecule has 4 rings (SSSR count). The summed E-state index contributed by atoms with van der Waals surface area (Å²) in [6.07, 6.45) is 3.60. The number of ether oxygens (including phenoxy) is 2. The summed E-state index contributed by atoms with van der Waals surface area (Å²) in [6.45, 7) is 4.12. The number of nitrogens with zero attached hydrogens (tertiary/aromatic N) is 3. The number of benzene rings is 2. The van der Waals surface area contributed by atoms with Crippen LogP contribution in [0.1, 0.15) is 19.3 Å². The maximum absolute atomic E-state index is 12.8. The fourth-order valence-electron chi connectivity index (χ4n) is 3.90. The van der Waals surface area contributed by atoms with Crippen LogP contribution in [-0.4, -0.2) is 47.8 Å². The molecule has 158 valence electrons. The molecule has 0 spiro atoms. The van der Waals surface area contributed by atoms with Crippen LogP contribution in [0.2, 0.25) is 0 Å². The lowest BCUT2D eigenvalue weighted by molar-refractivity contribution is 0.254. The van der Waals surface area contributed by atoms with Crippen molar-refractivity contribution < 1.29 is 9.47 Å². The normalized spacial score (nSPS) is 14.4. The summed E-state index contributed by atoms with van der Waals surface area (Å²) >= 11 is 3.42. The quantitative estimate of drug-likeness (QED) is 0.482. The first-order chi connectivity index (χ1) is 14.6. The molecule has 1 fully saturated rings. The highest BCUT2D eigenvalue weighted by molar-refractivity contribution is 9.10. The van der Waals surface area contributed by atoms with Gasteiger partial charge in [-0.1, -0.05) is 15.9 Å².